The molecule has 1 amide bonds. The summed E-state index contributed by atoms with van der Waals surface area (Å²) in [7, 11) is 0. The summed E-state index contributed by atoms with van der Waals surface area (Å²) >= 11 is 0. The lowest BCUT2D eigenvalue weighted by Gasteiger charge is -2.10. The van der Waals surface area contributed by atoms with Gasteiger partial charge in [0.05, 0.1) is 24.0 Å². The van der Waals surface area contributed by atoms with E-state index in [1.807, 2.05) is 28.8 Å². The SMILES string of the molecule is CCCn1c(NC(=O)c2ccnn2CCC(=O)O)nc2ccccc21. The highest BCUT2D eigenvalue weighted by molar-refractivity contribution is 6.02. The number of nitrogens with one attached hydrogen (secondary N) is 1. The van der Waals surface area contributed by atoms with Crippen LogP contribution in [0.25, 0.3) is 11.0 Å². The smallest absolute Gasteiger partial charge is 0.305 e. The van der Waals surface area contributed by atoms with Gasteiger partial charge < -0.3 is 9.67 Å². The number of carboxylic acids is 1. The first kappa shape index (κ1) is 16.7. The number of rotatable bonds is 7. The Kier molecular flexibility index (Phi) is 4.78. The summed E-state index contributed by atoms with van der Waals surface area (Å²) in [5, 5.41) is 15.6. The summed E-state index contributed by atoms with van der Waals surface area (Å²) in [4.78, 5) is 27.8. The minimum absolute atomic E-state index is 0.101. The number of fused-ring (bicyclic) bond motifs is 1. The Morgan fingerprint density at radius 3 is 2.76 bits per heavy atom. The van der Waals surface area contributed by atoms with E-state index in [9.17, 15) is 9.59 Å². The second-order valence-corrected chi connectivity index (χ2v) is 5.61. The first-order valence-corrected chi connectivity index (χ1v) is 8.10. The average Bonchev–Trinajstić information content (AvgIpc) is 3.18. The van der Waals surface area contributed by atoms with Gasteiger partial charge in [-0.3, -0.25) is 19.6 Å². The van der Waals surface area contributed by atoms with Crippen LogP contribution in [0.2, 0.25) is 0 Å². The van der Waals surface area contributed by atoms with E-state index in [1.165, 1.54) is 10.9 Å². The van der Waals surface area contributed by atoms with Gasteiger partial charge in [-0.2, -0.15) is 5.10 Å². The van der Waals surface area contributed by atoms with E-state index in [4.69, 9.17) is 5.11 Å². The minimum atomic E-state index is -0.938. The Bertz CT molecular complexity index is 912. The molecule has 2 heterocycles. The zero-order valence-electron chi connectivity index (χ0n) is 13.8. The molecule has 0 aliphatic carbocycles. The third-order valence-electron chi connectivity index (χ3n) is 3.81. The van der Waals surface area contributed by atoms with Gasteiger partial charge in [-0.15, -0.1) is 0 Å². The van der Waals surface area contributed by atoms with Gasteiger partial charge >= 0.3 is 5.97 Å². The standard InChI is InChI=1S/C17H19N5O3/c1-2-10-21-13-6-4-3-5-12(13)19-17(21)20-16(25)14-7-9-18-22(14)11-8-15(23)24/h3-7,9H,2,8,10-11H2,1H3,(H,23,24)(H,19,20,25). The molecule has 3 rings (SSSR count). The monoisotopic (exact) mass is 341 g/mol. The predicted molar refractivity (Wildman–Crippen MR) is 92.5 cm³/mol. The maximum Gasteiger partial charge on any atom is 0.305 e. The molecule has 0 saturated carbocycles. The quantitative estimate of drug-likeness (QED) is 0.687. The molecule has 2 N–H and O–H groups in total. The molecule has 0 aliphatic rings. The van der Waals surface area contributed by atoms with E-state index < -0.39 is 5.97 Å². The van der Waals surface area contributed by atoms with Crippen molar-refractivity contribution in [2.45, 2.75) is 32.9 Å². The number of carboxylic acid groups (broad SMARTS) is 1. The fourth-order valence-electron chi connectivity index (χ4n) is 2.69. The largest absolute Gasteiger partial charge is 0.481 e. The Labute approximate surface area is 144 Å². The molecule has 0 atom stereocenters. The van der Waals surface area contributed by atoms with Crippen molar-refractivity contribution >= 4 is 28.9 Å². The molecule has 0 saturated heterocycles. The lowest BCUT2D eigenvalue weighted by Crippen LogP contribution is -2.21. The van der Waals surface area contributed by atoms with Crippen LogP contribution in [0.3, 0.4) is 0 Å². The number of para-hydroxylation sites is 2. The number of hydrogen-bond donors (Lipinski definition) is 2. The maximum absolute atomic E-state index is 12.6. The zero-order valence-corrected chi connectivity index (χ0v) is 13.8. The van der Waals surface area contributed by atoms with Crippen LogP contribution in [-0.4, -0.2) is 36.3 Å². The van der Waals surface area contributed by atoms with Crippen LogP contribution in [-0.2, 0) is 17.9 Å². The van der Waals surface area contributed by atoms with Gasteiger partial charge in [-0.25, -0.2) is 4.98 Å². The number of carbonyl (C=O) groups excluding carboxylic acids is 1. The van der Waals surface area contributed by atoms with Gasteiger partial charge in [-0.05, 0) is 24.6 Å². The van der Waals surface area contributed by atoms with Gasteiger partial charge in [0, 0.05) is 12.7 Å². The number of hydrogen-bond acceptors (Lipinski definition) is 4. The normalized spacial score (nSPS) is 10.9. The van der Waals surface area contributed by atoms with Gasteiger partial charge in [-0.1, -0.05) is 19.1 Å². The summed E-state index contributed by atoms with van der Waals surface area (Å²) in [5.74, 6) is -0.832. The highest BCUT2D eigenvalue weighted by Crippen LogP contribution is 2.20. The Hall–Kier alpha value is -3.16. The Balaban J connectivity index is 1.86. The highest BCUT2D eigenvalue weighted by Gasteiger charge is 2.17. The van der Waals surface area contributed by atoms with Crippen LogP contribution in [0, 0.1) is 0 Å². The van der Waals surface area contributed by atoms with E-state index in [2.05, 4.69) is 22.3 Å². The summed E-state index contributed by atoms with van der Waals surface area (Å²) in [6.07, 6.45) is 2.28. The molecular formula is C17H19N5O3. The number of aliphatic carboxylic acids is 1. The number of nitrogens with zero attached hydrogens (tertiary/aromatic N) is 4. The Morgan fingerprint density at radius 1 is 1.20 bits per heavy atom. The van der Waals surface area contributed by atoms with Crippen molar-refractivity contribution in [1.82, 2.24) is 19.3 Å². The molecule has 2 aromatic heterocycles. The van der Waals surface area contributed by atoms with Crippen molar-refractivity contribution in [3.63, 3.8) is 0 Å². The molecule has 0 unspecified atom stereocenters. The second kappa shape index (κ2) is 7.16. The third kappa shape index (κ3) is 3.52. The van der Waals surface area contributed by atoms with Crippen molar-refractivity contribution < 1.29 is 14.7 Å². The van der Waals surface area contributed by atoms with E-state index in [-0.39, 0.29) is 18.9 Å². The summed E-state index contributed by atoms with van der Waals surface area (Å²) in [6.45, 7) is 2.92. The third-order valence-corrected chi connectivity index (χ3v) is 3.81. The van der Waals surface area contributed by atoms with Gasteiger partial charge in [0.2, 0.25) is 5.95 Å². The molecule has 0 fully saturated rings. The van der Waals surface area contributed by atoms with Crippen LogP contribution in [0.1, 0.15) is 30.3 Å². The van der Waals surface area contributed by atoms with Crippen LogP contribution >= 0.6 is 0 Å². The minimum Gasteiger partial charge on any atom is -0.481 e. The van der Waals surface area contributed by atoms with Crippen LogP contribution in [0.5, 0.6) is 0 Å². The molecular weight excluding hydrogens is 322 g/mol. The zero-order chi connectivity index (χ0) is 17.8. The number of amides is 1. The average molecular weight is 341 g/mol. The van der Waals surface area contributed by atoms with Crippen molar-refractivity contribution in [3.05, 3.63) is 42.2 Å². The predicted octanol–water partition coefficient (Wildman–Crippen LogP) is 2.37. The number of benzene rings is 1. The van der Waals surface area contributed by atoms with Gasteiger partial charge in [0.1, 0.15) is 5.69 Å². The van der Waals surface area contributed by atoms with E-state index >= 15 is 0 Å². The summed E-state index contributed by atoms with van der Waals surface area (Å²) in [6, 6.07) is 9.25. The first-order chi connectivity index (χ1) is 12.1. The van der Waals surface area contributed by atoms with Crippen LogP contribution < -0.4 is 5.32 Å². The van der Waals surface area contributed by atoms with Crippen molar-refractivity contribution in [2.24, 2.45) is 0 Å². The fraction of sp³-hybridized carbons (Fsp3) is 0.294. The van der Waals surface area contributed by atoms with Crippen molar-refractivity contribution in [3.8, 4) is 0 Å². The topological polar surface area (TPSA) is 102 Å². The molecule has 25 heavy (non-hydrogen) atoms. The van der Waals surface area contributed by atoms with E-state index in [0.29, 0.717) is 11.6 Å². The van der Waals surface area contributed by atoms with E-state index in [1.54, 1.807) is 6.07 Å². The molecule has 8 nitrogen and oxygen atoms in total. The molecule has 130 valence electrons. The lowest BCUT2D eigenvalue weighted by molar-refractivity contribution is -0.137. The molecule has 0 bridgehead atoms. The number of aryl methyl sites for hydroxylation is 2. The molecule has 0 spiro atoms. The van der Waals surface area contributed by atoms with Crippen LogP contribution in [0.15, 0.2) is 36.5 Å². The Morgan fingerprint density at radius 2 is 2.00 bits per heavy atom. The number of anilines is 1. The first-order valence-electron chi connectivity index (χ1n) is 8.10. The number of carbonyl (C=O) groups is 2. The van der Waals surface area contributed by atoms with Crippen molar-refractivity contribution in [2.75, 3.05) is 5.32 Å². The molecule has 0 aliphatic heterocycles. The summed E-state index contributed by atoms with van der Waals surface area (Å²) < 4.78 is 3.35. The second-order valence-electron chi connectivity index (χ2n) is 5.61. The lowest BCUT2D eigenvalue weighted by atomic mass is 10.3. The fourth-order valence-corrected chi connectivity index (χ4v) is 2.69. The van der Waals surface area contributed by atoms with Gasteiger partial charge in [0.25, 0.3) is 5.91 Å². The molecule has 8 heteroatoms. The highest BCUT2D eigenvalue weighted by atomic mass is 16.4. The molecule has 1 aromatic carbocycles. The number of aromatic nitrogens is 4. The molecule has 0 radical (unpaired) electrons. The maximum atomic E-state index is 12.6. The summed E-state index contributed by atoms with van der Waals surface area (Å²) in [5.41, 5.74) is 2.07. The molecule has 3 aromatic rings. The van der Waals surface area contributed by atoms with Crippen LogP contribution in [0.4, 0.5) is 5.95 Å². The van der Waals surface area contributed by atoms with E-state index in [0.717, 1.165) is 24.0 Å². The van der Waals surface area contributed by atoms with Crippen molar-refractivity contribution in [1.29, 1.82) is 0 Å². The number of imidazole rings is 1. The van der Waals surface area contributed by atoms with Gasteiger partial charge in [0.15, 0.2) is 0 Å².